The van der Waals surface area contributed by atoms with Crippen LogP contribution in [0.25, 0.3) is 5.57 Å². The van der Waals surface area contributed by atoms with E-state index in [2.05, 4.69) is 10.6 Å². The first-order valence-electron chi connectivity index (χ1n) is 10.6. The lowest BCUT2D eigenvalue weighted by Gasteiger charge is -2.33. The van der Waals surface area contributed by atoms with Gasteiger partial charge in [-0.2, -0.15) is 13.2 Å². The number of alkyl halides is 3. The zero-order valence-electron chi connectivity index (χ0n) is 17.4. The molecule has 4 nitrogen and oxygen atoms in total. The molecule has 2 aliphatic rings. The molecule has 0 bridgehead atoms. The molecule has 1 atom stereocenters. The van der Waals surface area contributed by atoms with Crippen LogP contribution in [0.1, 0.15) is 42.4 Å². The summed E-state index contributed by atoms with van der Waals surface area (Å²) >= 11 is 0. The van der Waals surface area contributed by atoms with Crippen LogP contribution in [0.5, 0.6) is 0 Å². The second kappa shape index (κ2) is 8.75. The fraction of sp³-hybridized carbons (Fsp3) is 0.375. The quantitative estimate of drug-likeness (QED) is 0.647. The number of hydrogen-bond acceptors (Lipinski definition) is 3. The van der Waals surface area contributed by atoms with E-state index in [1.165, 1.54) is 12.1 Å². The maximum atomic E-state index is 13.4. The predicted octanol–water partition coefficient (Wildman–Crippen LogP) is 5.35. The van der Waals surface area contributed by atoms with Crippen LogP contribution in [0, 0.1) is 6.92 Å². The Morgan fingerprint density at radius 1 is 1.06 bits per heavy atom. The zero-order valence-corrected chi connectivity index (χ0v) is 17.4. The Kier molecular flexibility index (Phi) is 6.05. The van der Waals surface area contributed by atoms with Crippen LogP contribution >= 0.6 is 0 Å². The Labute approximate surface area is 180 Å². The molecule has 7 heteroatoms. The van der Waals surface area contributed by atoms with Gasteiger partial charge in [0.15, 0.2) is 0 Å². The molecular formula is C24H26F3N3O. The normalized spacial score (nSPS) is 20.7. The van der Waals surface area contributed by atoms with Crippen LogP contribution in [0.2, 0.25) is 0 Å². The Hall–Kier alpha value is -2.80. The van der Waals surface area contributed by atoms with Crippen molar-refractivity contribution in [1.82, 2.24) is 5.32 Å². The van der Waals surface area contributed by atoms with Crippen molar-refractivity contribution >= 4 is 22.9 Å². The second-order valence-corrected chi connectivity index (χ2v) is 8.14. The number of amides is 1. The molecule has 0 radical (unpaired) electrons. The van der Waals surface area contributed by atoms with E-state index in [0.717, 1.165) is 61.7 Å². The lowest BCUT2D eigenvalue weighted by atomic mass is 9.99. The molecule has 1 unspecified atom stereocenters. The van der Waals surface area contributed by atoms with Gasteiger partial charge in [-0.3, -0.25) is 4.79 Å². The van der Waals surface area contributed by atoms with Crippen LogP contribution < -0.4 is 15.5 Å². The highest BCUT2D eigenvalue weighted by Gasteiger charge is 2.32. The molecule has 1 saturated heterocycles. The third-order valence-electron chi connectivity index (χ3n) is 5.96. The van der Waals surface area contributed by atoms with Crippen molar-refractivity contribution in [3.63, 3.8) is 0 Å². The summed E-state index contributed by atoms with van der Waals surface area (Å²) < 4.78 is 40.2. The molecule has 2 aromatic rings. The van der Waals surface area contributed by atoms with Crippen molar-refractivity contribution in [2.75, 3.05) is 23.3 Å². The highest BCUT2D eigenvalue weighted by atomic mass is 19.4. The summed E-state index contributed by atoms with van der Waals surface area (Å²) in [7, 11) is 0. The number of fused-ring (bicyclic) bond motifs is 1. The SMILES string of the molecule is Cc1cccc2c1/C(=C\N(c1cccc(C(F)(F)F)c1)C1CCCCNCC1)C(=O)N2. The fourth-order valence-corrected chi connectivity index (χ4v) is 4.37. The van der Waals surface area contributed by atoms with E-state index >= 15 is 0 Å². The number of anilines is 2. The van der Waals surface area contributed by atoms with Crippen LogP contribution in [-0.2, 0) is 11.0 Å². The average molecular weight is 429 g/mol. The Balaban J connectivity index is 1.80. The topological polar surface area (TPSA) is 44.4 Å². The number of nitrogens with zero attached hydrogens (tertiary/aromatic N) is 1. The summed E-state index contributed by atoms with van der Waals surface area (Å²) in [6.45, 7) is 3.67. The Bertz CT molecular complexity index is 992. The van der Waals surface area contributed by atoms with Crippen molar-refractivity contribution in [1.29, 1.82) is 0 Å². The van der Waals surface area contributed by atoms with E-state index < -0.39 is 11.7 Å². The molecule has 164 valence electrons. The number of nitrogens with one attached hydrogen (secondary N) is 2. The molecule has 0 aliphatic carbocycles. The fourth-order valence-electron chi connectivity index (χ4n) is 4.37. The van der Waals surface area contributed by atoms with Gasteiger partial charge in [-0.05, 0) is 69.1 Å². The minimum atomic E-state index is -4.43. The summed E-state index contributed by atoms with van der Waals surface area (Å²) in [6, 6.07) is 11.0. The molecule has 0 spiro atoms. The number of carbonyl (C=O) groups excluding carboxylic acids is 1. The maximum Gasteiger partial charge on any atom is 0.416 e. The molecule has 31 heavy (non-hydrogen) atoms. The van der Waals surface area contributed by atoms with Crippen LogP contribution in [0.3, 0.4) is 0 Å². The number of benzene rings is 2. The van der Waals surface area contributed by atoms with Gasteiger partial charge in [-0.25, -0.2) is 0 Å². The number of halogens is 3. The second-order valence-electron chi connectivity index (χ2n) is 8.14. The summed E-state index contributed by atoms with van der Waals surface area (Å²) in [5.74, 6) is -0.231. The summed E-state index contributed by atoms with van der Waals surface area (Å²) in [5, 5.41) is 6.26. The summed E-state index contributed by atoms with van der Waals surface area (Å²) in [4.78, 5) is 14.7. The average Bonchev–Trinajstić information content (AvgIpc) is 3.02. The van der Waals surface area contributed by atoms with E-state index in [1.54, 1.807) is 12.3 Å². The largest absolute Gasteiger partial charge is 0.416 e. The van der Waals surface area contributed by atoms with Gasteiger partial charge in [0.05, 0.1) is 11.1 Å². The number of rotatable bonds is 3. The molecule has 0 saturated carbocycles. The molecule has 2 heterocycles. The molecule has 0 aromatic heterocycles. The molecular weight excluding hydrogens is 403 g/mol. The molecule has 2 N–H and O–H groups in total. The number of hydrogen-bond donors (Lipinski definition) is 2. The van der Waals surface area contributed by atoms with Crippen LogP contribution in [-0.4, -0.2) is 25.0 Å². The van der Waals surface area contributed by atoms with Crippen molar-refractivity contribution in [2.24, 2.45) is 0 Å². The Morgan fingerprint density at radius 3 is 2.68 bits per heavy atom. The van der Waals surface area contributed by atoms with Gasteiger partial charge in [-0.15, -0.1) is 0 Å². The third kappa shape index (κ3) is 4.61. The minimum Gasteiger partial charge on any atom is -0.344 e. The van der Waals surface area contributed by atoms with E-state index in [4.69, 9.17) is 0 Å². The molecule has 1 amide bonds. The van der Waals surface area contributed by atoms with Crippen molar-refractivity contribution < 1.29 is 18.0 Å². The highest BCUT2D eigenvalue weighted by Crippen LogP contribution is 2.37. The smallest absolute Gasteiger partial charge is 0.344 e. The van der Waals surface area contributed by atoms with E-state index in [0.29, 0.717) is 11.3 Å². The van der Waals surface area contributed by atoms with E-state index in [-0.39, 0.29) is 11.9 Å². The Morgan fingerprint density at radius 2 is 1.87 bits per heavy atom. The molecule has 2 aliphatic heterocycles. The lowest BCUT2D eigenvalue weighted by Crippen LogP contribution is -2.36. The van der Waals surface area contributed by atoms with Gasteiger partial charge in [-0.1, -0.05) is 24.6 Å². The highest BCUT2D eigenvalue weighted by molar-refractivity contribution is 6.32. The summed E-state index contributed by atoms with van der Waals surface area (Å²) in [6.07, 6.45) is 0.942. The van der Waals surface area contributed by atoms with Gasteiger partial charge in [0.1, 0.15) is 0 Å². The maximum absolute atomic E-state index is 13.4. The first kappa shape index (κ1) is 21.4. The van der Waals surface area contributed by atoms with E-state index in [9.17, 15) is 18.0 Å². The van der Waals surface area contributed by atoms with Crippen LogP contribution in [0.4, 0.5) is 24.5 Å². The first-order valence-corrected chi connectivity index (χ1v) is 10.6. The van der Waals surface area contributed by atoms with Crippen LogP contribution in [0.15, 0.2) is 48.7 Å². The van der Waals surface area contributed by atoms with Crippen molar-refractivity contribution in [3.05, 3.63) is 65.4 Å². The first-order chi connectivity index (χ1) is 14.8. The monoisotopic (exact) mass is 429 g/mol. The van der Waals surface area contributed by atoms with Gasteiger partial charge < -0.3 is 15.5 Å². The van der Waals surface area contributed by atoms with Gasteiger partial charge in [0, 0.05) is 29.2 Å². The van der Waals surface area contributed by atoms with Gasteiger partial charge >= 0.3 is 6.18 Å². The molecule has 2 aromatic carbocycles. The standard InChI is InChI=1S/C24H26F3N3O/c1-16-6-4-10-21-22(16)20(23(31)29-21)15-30(18-8-2-3-12-28-13-11-18)19-9-5-7-17(14-19)24(25,26)27/h4-7,9-10,14-15,18,28H,2-3,8,11-13H2,1H3,(H,29,31)/b20-15+. The minimum absolute atomic E-state index is 0.00958. The van der Waals surface area contributed by atoms with Gasteiger partial charge in [0.25, 0.3) is 5.91 Å². The summed E-state index contributed by atoms with van der Waals surface area (Å²) in [5.41, 5.74) is 2.74. The van der Waals surface area contributed by atoms with E-state index in [1.807, 2.05) is 30.0 Å². The number of carbonyl (C=O) groups is 1. The van der Waals surface area contributed by atoms with Crippen molar-refractivity contribution in [2.45, 2.75) is 44.8 Å². The molecule has 4 rings (SSSR count). The zero-order chi connectivity index (χ0) is 22.0. The predicted molar refractivity (Wildman–Crippen MR) is 117 cm³/mol. The number of aryl methyl sites for hydroxylation is 1. The van der Waals surface area contributed by atoms with Gasteiger partial charge in [0.2, 0.25) is 0 Å². The molecule has 1 fully saturated rings. The third-order valence-corrected chi connectivity index (χ3v) is 5.96. The lowest BCUT2D eigenvalue weighted by molar-refractivity contribution is -0.137. The van der Waals surface area contributed by atoms with Crippen molar-refractivity contribution in [3.8, 4) is 0 Å².